The third-order valence-corrected chi connectivity index (χ3v) is 4.44. The highest BCUT2D eigenvalue weighted by Crippen LogP contribution is 2.21. The van der Waals surface area contributed by atoms with Gasteiger partial charge in [-0.15, -0.1) is 0 Å². The maximum absolute atomic E-state index is 12.7. The summed E-state index contributed by atoms with van der Waals surface area (Å²) in [5.74, 6) is -0.0188. The van der Waals surface area contributed by atoms with Crippen molar-refractivity contribution in [2.24, 2.45) is 0 Å². The number of hydrogen-bond acceptors (Lipinski definition) is 6. The van der Waals surface area contributed by atoms with Crippen LogP contribution in [0.1, 0.15) is 30.2 Å². The van der Waals surface area contributed by atoms with Crippen LogP contribution in [-0.2, 0) is 9.53 Å². The molecule has 0 saturated carbocycles. The van der Waals surface area contributed by atoms with Gasteiger partial charge < -0.3 is 20.1 Å². The van der Waals surface area contributed by atoms with Gasteiger partial charge in [-0.1, -0.05) is 12.1 Å². The van der Waals surface area contributed by atoms with Gasteiger partial charge in [-0.3, -0.25) is 9.59 Å². The molecule has 31 heavy (non-hydrogen) atoms. The summed E-state index contributed by atoms with van der Waals surface area (Å²) in [6.07, 6.45) is 2.87. The predicted octanol–water partition coefficient (Wildman–Crippen LogP) is 3.15. The molecule has 0 aliphatic rings. The monoisotopic (exact) mass is 423 g/mol. The quantitative estimate of drug-likeness (QED) is 0.485. The van der Waals surface area contributed by atoms with E-state index in [1.807, 2.05) is 13.0 Å². The Bertz CT molecular complexity index is 989. The van der Waals surface area contributed by atoms with E-state index in [0.29, 0.717) is 42.5 Å². The molecule has 2 aromatic carbocycles. The number of hydrogen-bond donors (Lipinski definition) is 2. The number of ether oxygens (including phenoxy) is 2. The average Bonchev–Trinajstić information content (AvgIpc) is 3.32. The number of nitrogens with one attached hydrogen (secondary N) is 2. The molecule has 1 aromatic heterocycles. The van der Waals surface area contributed by atoms with Gasteiger partial charge in [0.1, 0.15) is 31.1 Å². The number of carbonyl (C=O) groups is 2. The number of benzene rings is 2. The summed E-state index contributed by atoms with van der Waals surface area (Å²) >= 11 is 0. The maximum Gasteiger partial charge on any atom is 0.259 e. The zero-order valence-electron chi connectivity index (χ0n) is 17.4. The fourth-order valence-corrected chi connectivity index (χ4v) is 2.75. The number of amides is 2. The molecule has 1 unspecified atom stereocenters. The maximum atomic E-state index is 12.7. The predicted molar refractivity (Wildman–Crippen MR) is 116 cm³/mol. The fourth-order valence-electron chi connectivity index (χ4n) is 2.75. The van der Waals surface area contributed by atoms with Crippen LogP contribution in [0.5, 0.6) is 5.75 Å². The van der Waals surface area contributed by atoms with E-state index >= 15 is 0 Å². The van der Waals surface area contributed by atoms with Crippen LogP contribution in [0.2, 0.25) is 0 Å². The topological polar surface area (TPSA) is 107 Å². The number of anilines is 2. The normalized spacial score (nSPS) is 11.5. The van der Waals surface area contributed by atoms with Gasteiger partial charge in [-0.05, 0) is 50.2 Å². The minimum Gasteiger partial charge on any atom is -0.490 e. The van der Waals surface area contributed by atoms with Crippen LogP contribution in [-0.4, -0.2) is 46.4 Å². The lowest BCUT2D eigenvalue weighted by Gasteiger charge is -2.13. The number of carbonyl (C=O) groups excluding carboxylic acids is 2. The number of para-hydroxylation sites is 1. The summed E-state index contributed by atoms with van der Waals surface area (Å²) in [6.45, 7) is 5.07. The Morgan fingerprint density at radius 2 is 1.74 bits per heavy atom. The van der Waals surface area contributed by atoms with Crippen LogP contribution in [0.15, 0.2) is 61.2 Å². The third-order valence-electron chi connectivity index (χ3n) is 4.44. The SMILES string of the molecule is CCOCCOc1ccccc1C(=O)Nc1ccc(NC(=O)C(C)n2cncn2)cc1. The first-order valence-corrected chi connectivity index (χ1v) is 9.94. The molecule has 0 bridgehead atoms. The van der Waals surface area contributed by atoms with Crippen molar-refractivity contribution >= 4 is 23.2 Å². The van der Waals surface area contributed by atoms with Crippen molar-refractivity contribution < 1.29 is 19.1 Å². The van der Waals surface area contributed by atoms with Gasteiger partial charge in [0.05, 0.1) is 12.2 Å². The summed E-state index contributed by atoms with van der Waals surface area (Å²) in [5, 5.41) is 9.62. The molecule has 9 heteroatoms. The highest BCUT2D eigenvalue weighted by molar-refractivity contribution is 6.06. The molecule has 1 heterocycles. The van der Waals surface area contributed by atoms with Crippen LogP contribution in [0, 0.1) is 0 Å². The van der Waals surface area contributed by atoms with Crippen LogP contribution in [0.4, 0.5) is 11.4 Å². The first-order valence-electron chi connectivity index (χ1n) is 9.94. The molecule has 2 N–H and O–H groups in total. The highest BCUT2D eigenvalue weighted by atomic mass is 16.5. The Balaban J connectivity index is 1.58. The molecule has 0 radical (unpaired) electrons. The summed E-state index contributed by atoms with van der Waals surface area (Å²) in [6, 6.07) is 13.4. The minimum atomic E-state index is -0.499. The van der Waals surface area contributed by atoms with E-state index in [-0.39, 0.29) is 11.8 Å². The molecule has 0 aliphatic carbocycles. The average molecular weight is 423 g/mol. The minimum absolute atomic E-state index is 0.222. The van der Waals surface area contributed by atoms with Crippen molar-refractivity contribution in [2.45, 2.75) is 19.9 Å². The fraction of sp³-hybridized carbons (Fsp3) is 0.273. The van der Waals surface area contributed by atoms with Gasteiger partial charge in [-0.2, -0.15) is 5.10 Å². The van der Waals surface area contributed by atoms with Crippen LogP contribution in [0.25, 0.3) is 0 Å². The molecule has 0 aliphatic heterocycles. The Morgan fingerprint density at radius 1 is 1.03 bits per heavy atom. The Kier molecular flexibility index (Phi) is 7.72. The lowest BCUT2D eigenvalue weighted by atomic mass is 10.1. The van der Waals surface area contributed by atoms with Crippen molar-refractivity contribution in [3.05, 3.63) is 66.7 Å². The summed E-state index contributed by atoms with van der Waals surface area (Å²) in [7, 11) is 0. The Labute approximate surface area is 180 Å². The van der Waals surface area contributed by atoms with Crippen molar-refractivity contribution in [1.82, 2.24) is 14.8 Å². The number of aromatic nitrogens is 3. The van der Waals surface area contributed by atoms with Gasteiger partial charge in [-0.25, -0.2) is 9.67 Å². The molecule has 1 atom stereocenters. The number of rotatable bonds is 10. The molecule has 0 spiro atoms. The second-order valence-electron chi connectivity index (χ2n) is 6.61. The Morgan fingerprint density at radius 3 is 2.42 bits per heavy atom. The highest BCUT2D eigenvalue weighted by Gasteiger charge is 2.16. The second kappa shape index (κ2) is 10.9. The van der Waals surface area contributed by atoms with Crippen LogP contribution < -0.4 is 15.4 Å². The molecule has 2 amide bonds. The van der Waals surface area contributed by atoms with Crippen molar-refractivity contribution in [2.75, 3.05) is 30.5 Å². The van der Waals surface area contributed by atoms with Crippen molar-refractivity contribution in [3.8, 4) is 5.75 Å². The molecular weight excluding hydrogens is 398 g/mol. The largest absolute Gasteiger partial charge is 0.490 e. The lowest BCUT2D eigenvalue weighted by Crippen LogP contribution is -2.24. The van der Waals surface area contributed by atoms with E-state index in [4.69, 9.17) is 9.47 Å². The second-order valence-corrected chi connectivity index (χ2v) is 6.61. The summed E-state index contributed by atoms with van der Waals surface area (Å²) in [5.41, 5.74) is 1.63. The van der Waals surface area contributed by atoms with Gasteiger partial charge in [0.25, 0.3) is 5.91 Å². The van der Waals surface area contributed by atoms with Gasteiger partial charge >= 0.3 is 0 Å². The standard InChI is InChI=1S/C22H25N5O4/c1-3-30-12-13-31-20-7-5-4-6-19(20)22(29)26-18-10-8-17(9-11-18)25-21(28)16(2)27-15-23-14-24-27/h4-11,14-16H,3,12-13H2,1-2H3,(H,25,28)(H,26,29). The van der Waals surface area contributed by atoms with E-state index in [1.54, 1.807) is 49.4 Å². The van der Waals surface area contributed by atoms with E-state index in [2.05, 4.69) is 20.7 Å². The zero-order valence-corrected chi connectivity index (χ0v) is 17.4. The van der Waals surface area contributed by atoms with Gasteiger partial charge in [0.2, 0.25) is 5.91 Å². The molecule has 0 saturated heterocycles. The van der Waals surface area contributed by atoms with Crippen LogP contribution in [0.3, 0.4) is 0 Å². The van der Waals surface area contributed by atoms with Crippen molar-refractivity contribution in [1.29, 1.82) is 0 Å². The summed E-state index contributed by atoms with van der Waals surface area (Å²) < 4.78 is 12.4. The first-order chi connectivity index (χ1) is 15.1. The molecule has 3 aromatic rings. The van der Waals surface area contributed by atoms with Crippen LogP contribution >= 0.6 is 0 Å². The lowest BCUT2D eigenvalue weighted by molar-refractivity contribution is -0.119. The third kappa shape index (κ3) is 6.13. The van der Waals surface area contributed by atoms with E-state index in [0.717, 1.165) is 0 Å². The molecule has 9 nitrogen and oxygen atoms in total. The molecule has 0 fully saturated rings. The van der Waals surface area contributed by atoms with Gasteiger partial charge in [0, 0.05) is 18.0 Å². The number of nitrogens with zero attached hydrogens (tertiary/aromatic N) is 3. The van der Waals surface area contributed by atoms with Crippen molar-refractivity contribution in [3.63, 3.8) is 0 Å². The Hall–Kier alpha value is -3.72. The molecule has 162 valence electrons. The van der Waals surface area contributed by atoms with E-state index < -0.39 is 6.04 Å². The first kappa shape index (κ1) is 22.0. The van der Waals surface area contributed by atoms with Gasteiger partial charge in [0.15, 0.2) is 0 Å². The zero-order chi connectivity index (χ0) is 22.1. The van der Waals surface area contributed by atoms with E-state index in [9.17, 15) is 9.59 Å². The summed E-state index contributed by atoms with van der Waals surface area (Å²) in [4.78, 5) is 28.9. The molecular formula is C22H25N5O4. The van der Waals surface area contributed by atoms with E-state index in [1.165, 1.54) is 17.3 Å². The smallest absolute Gasteiger partial charge is 0.259 e. The molecule has 3 rings (SSSR count).